The molecule has 0 heterocycles. The molecular formula is C13H36O8Si4. The van der Waals surface area contributed by atoms with Crippen molar-refractivity contribution in [1.82, 2.24) is 0 Å². The Labute approximate surface area is 159 Å². The van der Waals surface area contributed by atoms with Crippen molar-refractivity contribution in [3.8, 4) is 0 Å². The van der Waals surface area contributed by atoms with Gasteiger partial charge in [-0.3, -0.25) is 0 Å². The van der Waals surface area contributed by atoms with E-state index in [1.807, 2.05) is 0 Å². The Hall–Kier alpha value is 0.548. The summed E-state index contributed by atoms with van der Waals surface area (Å²) in [5.41, 5.74) is -0.155. The van der Waals surface area contributed by atoms with Gasteiger partial charge < -0.3 is 35.4 Å². The molecule has 0 aliphatic heterocycles. The Balaban J connectivity index is 5.69. The third-order valence-electron chi connectivity index (χ3n) is 4.50. The highest BCUT2D eigenvalue weighted by Crippen LogP contribution is 2.42. The van der Waals surface area contributed by atoms with Crippen molar-refractivity contribution >= 4 is 37.1 Å². The first kappa shape index (κ1) is 25.5. The number of hydrogen-bond donors (Lipinski definition) is 0. The lowest BCUT2D eigenvalue weighted by atomic mass is 9.98. The Morgan fingerprint density at radius 3 is 0.680 bits per heavy atom. The van der Waals surface area contributed by atoms with E-state index in [2.05, 4.69) is 0 Å². The van der Waals surface area contributed by atoms with Crippen molar-refractivity contribution in [3.05, 3.63) is 0 Å². The molecular weight excluding hydrogens is 396 g/mol. The van der Waals surface area contributed by atoms with Crippen LogP contribution in [0.2, 0.25) is 24.2 Å². The smallest absolute Gasteiger partial charge is 0.321 e. The molecule has 25 heavy (non-hydrogen) atoms. The van der Waals surface area contributed by atoms with Crippen molar-refractivity contribution in [2.24, 2.45) is 5.41 Å². The van der Waals surface area contributed by atoms with Gasteiger partial charge in [-0.25, -0.2) is 0 Å². The third-order valence-corrected chi connectivity index (χ3v) is 13.5. The van der Waals surface area contributed by atoms with Gasteiger partial charge in [0.1, 0.15) is 0 Å². The quantitative estimate of drug-likeness (QED) is 0.316. The molecule has 0 amide bonds. The monoisotopic (exact) mass is 432 g/mol. The maximum absolute atomic E-state index is 5.62. The molecule has 0 aromatic carbocycles. The molecule has 0 spiro atoms. The van der Waals surface area contributed by atoms with Gasteiger partial charge in [-0.15, -0.1) is 0 Å². The SMILES string of the molecule is CO[SiH](CC(C[SiH](OC)OC)(C[SiH](OC)OC)C[SiH](OC)OC)OC. The van der Waals surface area contributed by atoms with Gasteiger partial charge in [-0.2, -0.15) is 0 Å². The summed E-state index contributed by atoms with van der Waals surface area (Å²) in [6.07, 6.45) is 0. The van der Waals surface area contributed by atoms with E-state index in [1.165, 1.54) is 0 Å². The molecule has 0 aliphatic carbocycles. The summed E-state index contributed by atoms with van der Waals surface area (Å²) in [7, 11) is 6.33. The van der Waals surface area contributed by atoms with Gasteiger partial charge in [-0.05, 0) is 29.6 Å². The van der Waals surface area contributed by atoms with E-state index in [0.717, 1.165) is 24.2 Å². The van der Waals surface area contributed by atoms with Crippen LogP contribution in [-0.4, -0.2) is 94.0 Å². The molecule has 0 saturated heterocycles. The highest BCUT2D eigenvalue weighted by molar-refractivity contribution is 6.51. The lowest BCUT2D eigenvalue weighted by Crippen LogP contribution is -2.43. The molecule has 0 saturated carbocycles. The van der Waals surface area contributed by atoms with E-state index in [-0.39, 0.29) is 5.41 Å². The van der Waals surface area contributed by atoms with Crippen LogP contribution in [0.1, 0.15) is 0 Å². The molecule has 0 aliphatic rings. The Morgan fingerprint density at radius 2 is 0.560 bits per heavy atom. The van der Waals surface area contributed by atoms with Crippen molar-refractivity contribution in [2.45, 2.75) is 24.2 Å². The summed E-state index contributed by atoms with van der Waals surface area (Å²) in [4.78, 5) is 0. The molecule has 0 bridgehead atoms. The van der Waals surface area contributed by atoms with Gasteiger partial charge in [0.05, 0.1) is 0 Å². The van der Waals surface area contributed by atoms with Crippen LogP contribution in [0.4, 0.5) is 0 Å². The fourth-order valence-electron chi connectivity index (χ4n) is 2.97. The van der Waals surface area contributed by atoms with E-state index in [9.17, 15) is 0 Å². The zero-order chi connectivity index (χ0) is 19.3. The highest BCUT2D eigenvalue weighted by Gasteiger charge is 2.43. The molecule has 0 aromatic rings. The molecule has 0 atom stereocenters. The number of rotatable bonds is 16. The lowest BCUT2D eigenvalue weighted by molar-refractivity contribution is 0.207. The largest absolute Gasteiger partial charge is 0.400 e. The minimum atomic E-state index is -1.83. The maximum atomic E-state index is 5.62. The average Bonchev–Trinajstić information content (AvgIpc) is 2.66. The zero-order valence-corrected chi connectivity index (χ0v) is 21.5. The minimum Gasteiger partial charge on any atom is -0.400 e. The minimum absolute atomic E-state index is 0.155. The van der Waals surface area contributed by atoms with Crippen LogP contribution in [-0.2, 0) is 35.4 Å². The van der Waals surface area contributed by atoms with Crippen LogP contribution in [0.5, 0.6) is 0 Å². The second kappa shape index (κ2) is 14.6. The van der Waals surface area contributed by atoms with E-state index in [0.29, 0.717) is 0 Å². The van der Waals surface area contributed by atoms with Crippen molar-refractivity contribution in [3.63, 3.8) is 0 Å². The fraction of sp³-hybridized carbons (Fsp3) is 1.00. The normalized spacial score (nSPS) is 13.0. The van der Waals surface area contributed by atoms with E-state index in [1.54, 1.807) is 56.9 Å². The number of hydrogen-bond acceptors (Lipinski definition) is 8. The van der Waals surface area contributed by atoms with Crippen LogP contribution >= 0.6 is 0 Å². The molecule has 0 rings (SSSR count). The summed E-state index contributed by atoms with van der Waals surface area (Å²) in [6, 6.07) is 3.23. The van der Waals surface area contributed by atoms with E-state index < -0.39 is 37.1 Å². The Morgan fingerprint density at radius 1 is 0.400 bits per heavy atom. The van der Waals surface area contributed by atoms with Gasteiger partial charge in [0.15, 0.2) is 0 Å². The van der Waals surface area contributed by atoms with Crippen LogP contribution < -0.4 is 0 Å². The summed E-state index contributed by atoms with van der Waals surface area (Å²) in [6.45, 7) is 0. The molecule has 12 heteroatoms. The first-order valence-electron chi connectivity index (χ1n) is 8.20. The average molecular weight is 433 g/mol. The first-order chi connectivity index (χ1) is 12.0. The molecule has 0 fully saturated rings. The van der Waals surface area contributed by atoms with Gasteiger partial charge in [0.25, 0.3) is 0 Å². The molecule has 0 unspecified atom stereocenters. The fourth-order valence-corrected chi connectivity index (χ4v) is 11.9. The maximum Gasteiger partial charge on any atom is 0.321 e. The summed E-state index contributed by atoms with van der Waals surface area (Å²) in [5.74, 6) is 0. The Kier molecular flexibility index (Phi) is 14.9. The first-order valence-corrected chi connectivity index (χ1v) is 15.2. The molecule has 152 valence electrons. The zero-order valence-electron chi connectivity index (χ0n) is 16.9. The van der Waals surface area contributed by atoms with E-state index in [4.69, 9.17) is 35.4 Å². The van der Waals surface area contributed by atoms with Gasteiger partial charge in [-0.1, -0.05) is 0 Å². The van der Waals surface area contributed by atoms with Gasteiger partial charge in [0, 0.05) is 56.9 Å². The van der Waals surface area contributed by atoms with Crippen LogP contribution in [0.25, 0.3) is 0 Å². The topological polar surface area (TPSA) is 73.8 Å². The van der Waals surface area contributed by atoms with Crippen LogP contribution in [0.3, 0.4) is 0 Å². The highest BCUT2D eigenvalue weighted by atomic mass is 28.3. The molecule has 0 radical (unpaired) electrons. The second-order valence-electron chi connectivity index (χ2n) is 5.92. The van der Waals surface area contributed by atoms with Crippen molar-refractivity contribution in [1.29, 1.82) is 0 Å². The van der Waals surface area contributed by atoms with Gasteiger partial charge >= 0.3 is 37.1 Å². The standard InChI is InChI=1S/C13H36O8Si4/c1-14-22(15-2)9-13(10-23(16-3)17-4,11-24(18-5)19-6)12-25(20-7)21-8/h22-25H,9-12H2,1-8H3. The molecule has 0 N–H and O–H groups in total. The lowest BCUT2D eigenvalue weighted by Gasteiger charge is -2.39. The summed E-state index contributed by atoms with van der Waals surface area (Å²) < 4.78 is 45.0. The van der Waals surface area contributed by atoms with Crippen LogP contribution in [0.15, 0.2) is 0 Å². The van der Waals surface area contributed by atoms with Crippen LogP contribution in [0, 0.1) is 5.41 Å². The predicted molar refractivity (Wildman–Crippen MR) is 106 cm³/mol. The summed E-state index contributed by atoms with van der Waals surface area (Å²) >= 11 is 0. The molecule has 8 nitrogen and oxygen atoms in total. The van der Waals surface area contributed by atoms with Crippen molar-refractivity contribution < 1.29 is 35.4 Å². The summed E-state index contributed by atoms with van der Waals surface area (Å²) in [5, 5.41) is 0. The third kappa shape index (κ3) is 9.34. The Bertz CT molecular complexity index is 251. The molecule has 0 aromatic heterocycles. The van der Waals surface area contributed by atoms with Crippen molar-refractivity contribution in [2.75, 3.05) is 56.9 Å². The van der Waals surface area contributed by atoms with Gasteiger partial charge in [0.2, 0.25) is 0 Å². The van der Waals surface area contributed by atoms with E-state index >= 15 is 0 Å². The predicted octanol–water partition coefficient (Wildman–Crippen LogP) is 0.0260. The second-order valence-corrected chi connectivity index (χ2v) is 14.8.